The normalized spacial score (nSPS) is 12.4. The molecule has 0 radical (unpaired) electrons. The van der Waals surface area contributed by atoms with E-state index in [9.17, 15) is 0 Å². The highest BCUT2D eigenvalue weighted by Crippen LogP contribution is 2.23. The average Bonchev–Trinajstić information content (AvgIpc) is 2.38. The summed E-state index contributed by atoms with van der Waals surface area (Å²) in [4.78, 5) is 4.22. The Morgan fingerprint density at radius 1 is 1.18 bits per heavy atom. The molecule has 2 N–H and O–H groups in total. The molecule has 1 unspecified atom stereocenters. The Kier molecular flexibility index (Phi) is 3.55. The first-order chi connectivity index (χ1) is 8.20. The lowest BCUT2D eigenvalue weighted by molar-refractivity contribution is 0.699. The van der Waals surface area contributed by atoms with Crippen molar-refractivity contribution in [3.63, 3.8) is 0 Å². The van der Waals surface area contributed by atoms with Crippen molar-refractivity contribution in [3.8, 4) is 11.1 Å². The van der Waals surface area contributed by atoms with Gasteiger partial charge in [-0.05, 0) is 42.2 Å². The van der Waals surface area contributed by atoms with Crippen LogP contribution in [0.4, 0.5) is 0 Å². The third-order valence-electron chi connectivity index (χ3n) is 2.96. The van der Waals surface area contributed by atoms with Gasteiger partial charge in [-0.3, -0.25) is 4.98 Å². The van der Waals surface area contributed by atoms with E-state index in [0.717, 1.165) is 12.0 Å². The van der Waals surface area contributed by atoms with Gasteiger partial charge in [-0.2, -0.15) is 0 Å². The molecule has 2 aromatic rings. The number of benzene rings is 1. The zero-order valence-corrected chi connectivity index (χ0v) is 10.4. The van der Waals surface area contributed by atoms with Gasteiger partial charge >= 0.3 is 0 Å². The first-order valence-corrected chi connectivity index (χ1v) is 5.98. The van der Waals surface area contributed by atoms with Crippen LogP contribution in [-0.2, 0) is 0 Å². The Morgan fingerprint density at radius 2 is 2.00 bits per heavy atom. The molecule has 0 aliphatic carbocycles. The highest BCUT2D eigenvalue weighted by atomic mass is 14.6. The van der Waals surface area contributed by atoms with Crippen LogP contribution in [0.25, 0.3) is 11.1 Å². The van der Waals surface area contributed by atoms with E-state index < -0.39 is 0 Å². The minimum Gasteiger partial charge on any atom is -0.324 e. The molecule has 0 aliphatic heterocycles. The summed E-state index contributed by atoms with van der Waals surface area (Å²) >= 11 is 0. The molecule has 1 atom stereocenters. The van der Waals surface area contributed by atoms with Crippen molar-refractivity contribution in [2.24, 2.45) is 5.73 Å². The summed E-state index contributed by atoms with van der Waals surface area (Å²) in [6, 6.07) is 10.7. The second-order valence-electron chi connectivity index (χ2n) is 4.39. The van der Waals surface area contributed by atoms with Gasteiger partial charge in [-0.25, -0.2) is 0 Å². The maximum atomic E-state index is 6.06. The molecule has 2 heteroatoms. The molecule has 0 fully saturated rings. The molecule has 1 aromatic carbocycles. The van der Waals surface area contributed by atoms with E-state index in [1.807, 2.05) is 12.4 Å². The number of nitrogens with zero attached hydrogens (tertiary/aromatic N) is 1. The predicted molar refractivity (Wildman–Crippen MR) is 71.6 cm³/mol. The topological polar surface area (TPSA) is 38.9 Å². The Balaban J connectivity index is 2.39. The van der Waals surface area contributed by atoms with Crippen molar-refractivity contribution in [3.05, 3.63) is 53.9 Å². The first kappa shape index (κ1) is 11.8. The van der Waals surface area contributed by atoms with Crippen LogP contribution in [0.15, 0.2) is 42.7 Å². The predicted octanol–water partition coefficient (Wildman–Crippen LogP) is 3.47. The molecule has 0 bridgehead atoms. The van der Waals surface area contributed by atoms with Gasteiger partial charge in [0.15, 0.2) is 0 Å². The molecular formula is C15H18N2. The van der Waals surface area contributed by atoms with Gasteiger partial charge in [-0.15, -0.1) is 0 Å². The van der Waals surface area contributed by atoms with Crippen LogP contribution in [0.2, 0.25) is 0 Å². The Labute approximate surface area is 103 Å². The molecule has 88 valence electrons. The summed E-state index contributed by atoms with van der Waals surface area (Å²) in [5.74, 6) is 0. The van der Waals surface area contributed by atoms with E-state index in [0.29, 0.717) is 0 Å². The van der Waals surface area contributed by atoms with Crippen LogP contribution in [-0.4, -0.2) is 4.98 Å². The molecule has 0 aliphatic rings. The molecule has 0 saturated heterocycles. The molecule has 0 spiro atoms. The lowest BCUT2D eigenvalue weighted by atomic mass is 9.99. The number of pyridine rings is 1. The second kappa shape index (κ2) is 5.11. The summed E-state index contributed by atoms with van der Waals surface area (Å²) < 4.78 is 0. The molecule has 2 rings (SSSR count). The zero-order chi connectivity index (χ0) is 12.3. The highest BCUT2D eigenvalue weighted by molar-refractivity contribution is 5.63. The van der Waals surface area contributed by atoms with Gasteiger partial charge in [0.05, 0.1) is 0 Å². The molecule has 0 saturated carbocycles. The fraction of sp³-hybridized carbons (Fsp3) is 0.267. The number of rotatable bonds is 3. The maximum Gasteiger partial charge on any atom is 0.0346 e. The quantitative estimate of drug-likeness (QED) is 0.870. The summed E-state index contributed by atoms with van der Waals surface area (Å²) in [5.41, 5.74) is 10.7. The first-order valence-electron chi connectivity index (χ1n) is 5.98. The summed E-state index contributed by atoms with van der Waals surface area (Å²) in [6.07, 6.45) is 4.71. The van der Waals surface area contributed by atoms with E-state index in [1.165, 1.54) is 16.7 Å². The fourth-order valence-electron chi connectivity index (χ4n) is 1.90. The third-order valence-corrected chi connectivity index (χ3v) is 2.96. The molecular weight excluding hydrogens is 208 g/mol. The monoisotopic (exact) mass is 226 g/mol. The number of aromatic nitrogens is 1. The third kappa shape index (κ3) is 2.71. The Morgan fingerprint density at radius 3 is 2.71 bits per heavy atom. The molecule has 0 amide bonds. The Hall–Kier alpha value is -1.67. The lowest BCUT2D eigenvalue weighted by Gasteiger charge is -2.11. The van der Waals surface area contributed by atoms with E-state index in [4.69, 9.17) is 5.73 Å². The largest absolute Gasteiger partial charge is 0.324 e. The molecule has 17 heavy (non-hydrogen) atoms. The minimum absolute atomic E-state index is 0.118. The SMILES string of the molecule is CCC(N)c1cccc(-c2cncc(C)c2)c1. The fourth-order valence-corrected chi connectivity index (χ4v) is 1.90. The average molecular weight is 226 g/mol. The van der Waals surface area contributed by atoms with Crippen LogP contribution >= 0.6 is 0 Å². The molecule has 1 aromatic heterocycles. The molecule has 1 heterocycles. The van der Waals surface area contributed by atoms with Gasteiger partial charge in [0.2, 0.25) is 0 Å². The smallest absolute Gasteiger partial charge is 0.0346 e. The van der Waals surface area contributed by atoms with Crippen molar-refractivity contribution >= 4 is 0 Å². The number of nitrogens with two attached hydrogens (primary N) is 1. The maximum absolute atomic E-state index is 6.06. The minimum atomic E-state index is 0.118. The van der Waals surface area contributed by atoms with Crippen LogP contribution < -0.4 is 5.73 Å². The van der Waals surface area contributed by atoms with Crippen LogP contribution in [0, 0.1) is 6.92 Å². The standard InChI is InChI=1S/C15H18N2/c1-3-15(16)13-6-4-5-12(8-13)14-7-11(2)9-17-10-14/h4-10,15H,3,16H2,1-2H3. The van der Waals surface area contributed by atoms with Crippen molar-refractivity contribution in [1.82, 2.24) is 4.98 Å². The van der Waals surface area contributed by atoms with E-state index in [1.54, 1.807) is 0 Å². The van der Waals surface area contributed by atoms with Crippen molar-refractivity contribution in [1.29, 1.82) is 0 Å². The lowest BCUT2D eigenvalue weighted by Crippen LogP contribution is -2.08. The van der Waals surface area contributed by atoms with E-state index in [-0.39, 0.29) is 6.04 Å². The van der Waals surface area contributed by atoms with Gasteiger partial charge < -0.3 is 5.73 Å². The van der Waals surface area contributed by atoms with Gasteiger partial charge in [-0.1, -0.05) is 25.1 Å². The van der Waals surface area contributed by atoms with Crippen LogP contribution in [0.1, 0.15) is 30.5 Å². The van der Waals surface area contributed by atoms with E-state index >= 15 is 0 Å². The van der Waals surface area contributed by atoms with Crippen LogP contribution in [0.5, 0.6) is 0 Å². The summed E-state index contributed by atoms with van der Waals surface area (Å²) in [6.45, 7) is 4.16. The van der Waals surface area contributed by atoms with E-state index in [2.05, 4.69) is 49.2 Å². The highest BCUT2D eigenvalue weighted by Gasteiger charge is 2.05. The van der Waals surface area contributed by atoms with Gasteiger partial charge in [0.1, 0.15) is 0 Å². The van der Waals surface area contributed by atoms with Crippen molar-refractivity contribution < 1.29 is 0 Å². The van der Waals surface area contributed by atoms with Crippen molar-refractivity contribution in [2.75, 3.05) is 0 Å². The van der Waals surface area contributed by atoms with Crippen LogP contribution in [0.3, 0.4) is 0 Å². The molecule has 2 nitrogen and oxygen atoms in total. The number of hydrogen-bond donors (Lipinski definition) is 1. The Bertz CT molecular complexity index is 506. The number of hydrogen-bond acceptors (Lipinski definition) is 2. The van der Waals surface area contributed by atoms with Gasteiger partial charge in [0.25, 0.3) is 0 Å². The number of aryl methyl sites for hydroxylation is 1. The summed E-state index contributed by atoms with van der Waals surface area (Å²) in [5, 5.41) is 0. The van der Waals surface area contributed by atoms with Crippen molar-refractivity contribution in [2.45, 2.75) is 26.3 Å². The van der Waals surface area contributed by atoms with Gasteiger partial charge in [0, 0.05) is 24.0 Å². The second-order valence-corrected chi connectivity index (χ2v) is 4.39. The zero-order valence-electron chi connectivity index (χ0n) is 10.4. The summed E-state index contributed by atoms with van der Waals surface area (Å²) in [7, 11) is 0.